The van der Waals surface area contributed by atoms with Crippen LogP contribution in [0.3, 0.4) is 0 Å². The molecule has 1 N–H and O–H groups in total. The van der Waals surface area contributed by atoms with Crippen molar-refractivity contribution in [2.75, 3.05) is 13.7 Å². The second-order valence-corrected chi connectivity index (χ2v) is 6.51. The van der Waals surface area contributed by atoms with Gasteiger partial charge >= 0.3 is 0 Å². The van der Waals surface area contributed by atoms with Crippen LogP contribution < -0.4 is 5.32 Å². The first-order chi connectivity index (χ1) is 8.63. The highest BCUT2D eigenvalue weighted by Gasteiger charge is 2.38. The fraction of sp³-hybridized carbons (Fsp3) is 0.846. The summed E-state index contributed by atoms with van der Waals surface area (Å²) < 4.78 is 5.63. The lowest BCUT2D eigenvalue weighted by atomic mass is 9.78. The third-order valence-electron chi connectivity index (χ3n) is 3.57. The van der Waals surface area contributed by atoms with Crippen LogP contribution in [0, 0.1) is 0 Å². The van der Waals surface area contributed by atoms with Crippen molar-refractivity contribution in [1.82, 2.24) is 15.5 Å². The third kappa shape index (κ3) is 3.49. The van der Waals surface area contributed by atoms with Crippen LogP contribution in [0.25, 0.3) is 0 Å². The van der Waals surface area contributed by atoms with Gasteiger partial charge in [-0.3, -0.25) is 0 Å². The first-order valence-electron chi connectivity index (χ1n) is 6.73. The van der Waals surface area contributed by atoms with Gasteiger partial charge in [0.05, 0.1) is 5.60 Å². The highest BCUT2D eigenvalue weighted by molar-refractivity contribution is 7.11. The molecule has 0 atom stereocenters. The summed E-state index contributed by atoms with van der Waals surface area (Å²) >= 11 is 1.73. The Kier molecular flexibility index (Phi) is 4.70. The molecule has 102 valence electrons. The number of nitrogens with one attached hydrogen (secondary N) is 1. The monoisotopic (exact) mass is 269 g/mol. The molecule has 1 saturated carbocycles. The number of nitrogens with zero attached hydrogens (tertiary/aromatic N) is 2. The van der Waals surface area contributed by atoms with E-state index >= 15 is 0 Å². The van der Waals surface area contributed by atoms with Gasteiger partial charge in [-0.15, -0.1) is 21.5 Å². The lowest BCUT2D eigenvalue weighted by Crippen LogP contribution is -2.41. The molecule has 1 aromatic heterocycles. The van der Waals surface area contributed by atoms with Crippen LogP contribution in [0.4, 0.5) is 0 Å². The normalized spacial score (nSPS) is 18.0. The number of ether oxygens (including phenoxy) is 1. The largest absolute Gasteiger partial charge is 0.378 e. The quantitative estimate of drug-likeness (QED) is 0.824. The van der Waals surface area contributed by atoms with E-state index in [4.69, 9.17) is 4.74 Å². The summed E-state index contributed by atoms with van der Waals surface area (Å²) in [5.41, 5.74) is 0.0625. The minimum atomic E-state index is 0.0625. The molecule has 0 saturated heterocycles. The maximum absolute atomic E-state index is 5.63. The molecule has 4 nitrogen and oxygen atoms in total. The zero-order valence-corrected chi connectivity index (χ0v) is 12.3. The molecule has 1 aliphatic carbocycles. The van der Waals surface area contributed by atoms with Crippen molar-refractivity contribution in [2.24, 2.45) is 0 Å². The van der Waals surface area contributed by atoms with Gasteiger partial charge in [-0.1, -0.05) is 13.8 Å². The van der Waals surface area contributed by atoms with Crippen LogP contribution in [0.1, 0.15) is 43.1 Å². The third-order valence-corrected chi connectivity index (χ3v) is 4.55. The van der Waals surface area contributed by atoms with Crippen LogP contribution in [0.5, 0.6) is 0 Å². The SMILES string of the molecule is COC1(Cc2nnc(CCNC(C)C)s2)CCC1. The van der Waals surface area contributed by atoms with Gasteiger partial charge in [0.25, 0.3) is 0 Å². The lowest BCUT2D eigenvalue weighted by molar-refractivity contribution is -0.0709. The number of methoxy groups -OCH3 is 1. The predicted molar refractivity (Wildman–Crippen MR) is 74.0 cm³/mol. The van der Waals surface area contributed by atoms with Gasteiger partial charge in [-0.2, -0.15) is 0 Å². The molecule has 0 unspecified atom stereocenters. The van der Waals surface area contributed by atoms with Crippen LogP contribution in [0.2, 0.25) is 0 Å². The Bertz CT molecular complexity index is 369. The lowest BCUT2D eigenvalue weighted by Gasteiger charge is -2.39. The molecule has 0 radical (unpaired) electrons. The molecule has 0 spiro atoms. The summed E-state index contributed by atoms with van der Waals surface area (Å²) in [7, 11) is 1.81. The van der Waals surface area contributed by atoms with Gasteiger partial charge in [0, 0.05) is 32.5 Å². The number of hydrogen-bond acceptors (Lipinski definition) is 5. The molecule has 0 bridgehead atoms. The van der Waals surface area contributed by atoms with E-state index in [1.807, 2.05) is 7.11 Å². The minimum absolute atomic E-state index is 0.0625. The van der Waals surface area contributed by atoms with Crippen LogP contribution in [-0.4, -0.2) is 35.5 Å². The van der Waals surface area contributed by atoms with Gasteiger partial charge in [0.2, 0.25) is 0 Å². The molecule has 0 aliphatic heterocycles. The average Bonchev–Trinajstić information content (AvgIpc) is 2.71. The van der Waals surface area contributed by atoms with E-state index in [0.717, 1.165) is 42.2 Å². The molecule has 2 rings (SSSR count). The highest BCUT2D eigenvalue weighted by Crippen LogP contribution is 2.38. The van der Waals surface area contributed by atoms with Gasteiger partial charge in [0.15, 0.2) is 0 Å². The fourth-order valence-electron chi connectivity index (χ4n) is 2.23. The standard InChI is InChI=1S/C13H23N3OS/c1-10(2)14-8-5-11-15-16-12(18-11)9-13(17-3)6-4-7-13/h10,14H,4-9H2,1-3H3. The molecule has 1 aliphatic rings. The van der Waals surface area contributed by atoms with Crippen LogP contribution in [0.15, 0.2) is 0 Å². The predicted octanol–water partition coefficient (Wildman–Crippen LogP) is 2.19. The molecule has 1 aromatic rings. The Hall–Kier alpha value is -0.520. The molecular weight excluding hydrogens is 246 g/mol. The van der Waals surface area contributed by atoms with E-state index in [-0.39, 0.29) is 5.60 Å². The van der Waals surface area contributed by atoms with E-state index in [1.54, 1.807) is 11.3 Å². The second-order valence-electron chi connectivity index (χ2n) is 5.37. The topological polar surface area (TPSA) is 47.0 Å². The van der Waals surface area contributed by atoms with Crippen molar-refractivity contribution in [3.05, 3.63) is 10.0 Å². The van der Waals surface area contributed by atoms with E-state index in [0.29, 0.717) is 6.04 Å². The van der Waals surface area contributed by atoms with Gasteiger partial charge in [0.1, 0.15) is 10.0 Å². The van der Waals surface area contributed by atoms with Crippen LogP contribution >= 0.6 is 11.3 Å². The summed E-state index contributed by atoms with van der Waals surface area (Å²) in [6, 6.07) is 0.532. The Morgan fingerprint density at radius 1 is 1.33 bits per heavy atom. The van der Waals surface area contributed by atoms with Crippen molar-refractivity contribution in [1.29, 1.82) is 0 Å². The molecule has 18 heavy (non-hydrogen) atoms. The van der Waals surface area contributed by atoms with Crippen molar-refractivity contribution < 1.29 is 4.74 Å². The summed E-state index contributed by atoms with van der Waals surface area (Å²) in [5.74, 6) is 0. The minimum Gasteiger partial charge on any atom is -0.378 e. The molecule has 1 fully saturated rings. The summed E-state index contributed by atoms with van der Waals surface area (Å²) in [6.45, 7) is 5.29. The van der Waals surface area contributed by atoms with Crippen molar-refractivity contribution in [2.45, 2.75) is 57.6 Å². The molecule has 1 heterocycles. The molecular formula is C13H23N3OS. The highest BCUT2D eigenvalue weighted by atomic mass is 32.1. The maximum atomic E-state index is 5.63. The van der Waals surface area contributed by atoms with Gasteiger partial charge < -0.3 is 10.1 Å². The summed E-state index contributed by atoms with van der Waals surface area (Å²) in [6.07, 6.45) is 5.49. The van der Waals surface area contributed by atoms with E-state index in [9.17, 15) is 0 Å². The fourth-order valence-corrected chi connectivity index (χ4v) is 3.20. The molecule has 0 amide bonds. The molecule has 0 aromatic carbocycles. The van der Waals surface area contributed by atoms with Crippen molar-refractivity contribution in [3.8, 4) is 0 Å². The smallest absolute Gasteiger partial charge is 0.120 e. The van der Waals surface area contributed by atoms with E-state index in [1.165, 1.54) is 6.42 Å². The number of hydrogen-bond donors (Lipinski definition) is 1. The summed E-state index contributed by atoms with van der Waals surface area (Å²) in [5, 5.41) is 14.2. The van der Waals surface area contributed by atoms with Crippen molar-refractivity contribution >= 4 is 11.3 Å². The second kappa shape index (κ2) is 6.08. The maximum Gasteiger partial charge on any atom is 0.120 e. The van der Waals surface area contributed by atoms with Gasteiger partial charge in [-0.05, 0) is 19.3 Å². The summed E-state index contributed by atoms with van der Waals surface area (Å²) in [4.78, 5) is 0. The zero-order valence-electron chi connectivity index (χ0n) is 11.5. The number of rotatable bonds is 7. The Balaban J connectivity index is 1.82. The van der Waals surface area contributed by atoms with E-state index < -0.39 is 0 Å². The van der Waals surface area contributed by atoms with E-state index in [2.05, 4.69) is 29.4 Å². The Morgan fingerprint density at radius 3 is 2.61 bits per heavy atom. The van der Waals surface area contributed by atoms with Crippen LogP contribution in [-0.2, 0) is 17.6 Å². The first-order valence-corrected chi connectivity index (χ1v) is 7.55. The average molecular weight is 269 g/mol. The zero-order chi connectivity index (χ0) is 13.0. The Labute approximate surface area is 113 Å². The molecule has 5 heteroatoms. The Morgan fingerprint density at radius 2 is 2.06 bits per heavy atom. The van der Waals surface area contributed by atoms with Crippen molar-refractivity contribution in [3.63, 3.8) is 0 Å². The first kappa shape index (κ1) is 13.9. The number of aromatic nitrogens is 2. The van der Waals surface area contributed by atoms with Gasteiger partial charge in [-0.25, -0.2) is 0 Å².